The Kier molecular flexibility index (Phi) is 3.13. The normalized spacial score (nSPS) is 30.0. The highest BCUT2D eigenvalue weighted by atomic mass is 32.1. The van der Waals surface area contributed by atoms with Gasteiger partial charge in [0.05, 0.1) is 6.54 Å². The van der Waals surface area contributed by atoms with Crippen LogP contribution < -0.4 is 5.32 Å². The molecule has 1 fully saturated rings. The second-order valence-electron chi connectivity index (χ2n) is 2.81. The summed E-state index contributed by atoms with van der Waals surface area (Å²) in [6.45, 7) is 1.45. The minimum Gasteiger partial charge on any atom is -0.375 e. The average Bonchev–Trinajstić information content (AvgIpc) is 2.03. The summed E-state index contributed by atoms with van der Waals surface area (Å²) in [5, 5.41) is 2.53. The lowest BCUT2D eigenvalue weighted by atomic mass is 10.2. The van der Waals surface area contributed by atoms with Crippen molar-refractivity contribution >= 4 is 17.2 Å². The smallest absolute Gasteiger partial charge is 0.375 e. The van der Waals surface area contributed by atoms with Crippen LogP contribution in [0.3, 0.4) is 0 Å². The molecule has 0 spiro atoms. The highest BCUT2D eigenvalue weighted by molar-refractivity contribution is 7.80. The van der Waals surface area contributed by atoms with Crippen molar-refractivity contribution in [2.75, 3.05) is 6.54 Å². The Balaban J connectivity index is 2.60. The van der Waals surface area contributed by atoms with Gasteiger partial charge in [-0.3, -0.25) is 0 Å². The van der Waals surface area contributed by atoms with E-state index in [1.165, 1.54) is 0 Å². The standard InChI is InChI=1S/C7H10F3NOS/c1-2-4-6(13)11-3-5(12-4)7(8,9)10/h4-5H,2-3H2,1H3,(H,11,13)/t4-,5-/m1/s1. The Labute approximate surface area is 79.4 Å². The van der Waals surface area contributed by atoms with Crippen LogP contribution in [-0.2, 0) is 4.74 Å². The van der Waals surface area contributed by atoms with E-state index in [0.717, 1.165) is 0 Å². The first kappa shape index (κ1) is 10.7. The van der Waals surface area contributed by atoms with Crippen LogP contribution in [0.5, 0.6) is 0 Å². The third-order valence-corrected chi connectivity index (χ3v) is 2.23. The van der Waals surface area contributed by atoms with E-state index in [1.807, 2.05) is 0 Å². The van der Waals surface area contributed by atoms with E-state index in [0.29, 0.717) is 11.4 Å². The van der Waals surface area contributed by atoms with Crippen LogP contribution in [0.4, 0.5) is 13.2 Å². The first-order valence-corrected chi connectivity index (χ1v) is 4.36. The summed E-state index contributed by atoms with van der Waals surface area (Å²) >= 11 is 4.80. The van der Waals surface area contributed by atoms with Crippen LogP contribution in [-0.4, -0.2) is 29.9 Å². The minimum absolute atomic E-state index is 0.279. The van der Waals surface area contributed by atoms with Gasteiger partial charge in [0.25, 0.3) is 0 Å². The van der Waals surface area contributed by atoms with Gasteiger partial charge in [0, 0.05) is 0 Å². The molecule has 13 heavy (non-hydrogen) atoms. The number of halogens is 3. The third-order valence-electron chi connectivity index (χ3n) is 1.82. The maximum atomic E-state index is 12.2. The Morgan fingerprint density at radius 2 is 2.23 bits per heavy atom. The predicted octanol–water partition coefficient (Wildman–Crippen LogP) is 1.64. The summed E-state index contributed by atoms with van der Waals surface area (Å²) in [4.78, 5) is 0.364. The van der Waals surface area contributed by atoms with E-state index in [4.69, 9.17) is 17.0 Å². The van der Waals surface area contributed by atoms with Gasteiger partial charge < -0.3 is 10.1 Å². The van der Waals surface area contributed by atoms with E-state index in [9.17, 15) is 13.2 Å². The molecule has 0 unspecified atom stereocenters. The van der Waals surface area contributed by atoms with Crippen LogP contribution in [0.2, 0.25) is 0 Å². The molecule has 1 aliphatic heterocycles. The van der Waals surface area contributed by atoms with E-state index < -0.39 is 18.4 Å². The summed E-state index contributed by atoms with van der Waals surface area (Å²) in [6.07, 6.45) is -6.19. The molecule has 0 bridgehead atoms. The molecule has 6 heteroatoms. The van der Waals surface area contributed by atoms with E-state index >= 15 is 0 Å². The van der Waals surface area contributed by atoms with Gasteiger partial charge in [-0.2, -0.15) is 13.2 Å². The number of thiocarbonyl (C=S) groups is 1. The molecule has 2 nitrogen and oxygen atoms in total. The molecular formula is C7H10F3NOS. The second-order valence-corrected chi connectivity index (χ2v) is 3.25. The first-order valence-electron chi connectivity index (χ1n) is 3.95. The zero-order valence-corrected chi connectivity index (χ0v) is 7.84. The summed E-state index contributed by atoms with van der Waals surface area (Å²) in [7, 11) is 0. The van der Waals surface area contributed by atoms with Gasteiger partial charge in [0.15, 0.2) is 6.10 Å². The van der Waals surface area contributed by atoms with Gasteiger partial charge in [-0.25, -0.2) is 0 Å². The molecular weight excluding hydrogens is 203 g/mol. The van der Waals surface area contributed by atoms with Gasteiger partial charge in [-0.15, -0.1) is 0 Å². The zero-order chi connectivity index (χ0) is 10.1. The molecule has 1 rings (SSSR count). The second kappa shape index (κ2) is 3.79. The molecule has 1 N–H and O–H groups in total. The van der Waals surface area contributed by atoms with Crippen molar-refractivity contribution in [1.29, 1.82) is 0 Å². The molecule has 1 heterocycles. The zero-order valence-electron chi connectivity index (χ0n) is 7.02. The van der Waals surface area contributed by atoms with Crippen molar-refractivity contribution < 1.29 is 17.9 Å². The van der Waals surface area contributed by atoms with Gasteiger partial charge in [-0.05, 0) is 6.42 Å². The quantitative estimate of drug-likeness (QED) is 0.669. The topological polar surface area (TPSA) is 21.3 Å². The van der Waals surface area contributed by atoms with Crippen molar-refractivity contribution in [3.63, 3.8) is 0 Å². The van der Waals surface area contributed by atoms with Crippen LogP contribution in [0.25, 0.3) is 0 Å². The lowest BCUT2D eigenvalue weighted by Gasteiger charge is -2.32. The van der Waals surface area contributed by atoms with Crippen LogP contribution in [0, 0.1) is 0 Å². The molecule has 0 aliphatic carbocycles. The molecule has 0 aromatic rings. The SMILES string of the molecule is CC[C@H]1O[C@@H](C(F)(F)F)CNC1=S. The first-order chi connectivity index (χ1) is 5.95. The molecule has 0 radical (unpaired) electrons. The summed E-state index contributed by atoms with van der Waals surface area (Å²) in [6, 6.07) is 0. The number of alkyl halides is 3. The van der Waals surface area contributed by atoms with Crippen molar-refractivity contribution in [3.05, 3.63) is 0 Å². The molecule has 0 saturated carbocycles. The van der Waals surface area contributed by atoms with Crippen molar-refractivity contribution in [3.8, 4) is 0 Å². The Hall–Kier alpha value is -0.360. The van der Waals surface area contributed by atoms with Crippen LogP contribution in [0.15, 0.2) is 0 Å². The molecule has 0 aromatic heterocycles. The molecule has 76 valence electrons. The number of hydrogen-bond acceptors (Lipinski definition) is 2. The Morgan fingerprint density at radius 1 is 1.62 bits per heavy atom. The third kappa shape index (κ3) is 2.54. The fourth-order valence-corrected chi connectivity index (χ4v) is 1.40. The average molecular weight is 213 g/mol. The number of ether oxygens (including phenoxy) is 1. The lowest BCUT2D eigenvalue weighted by Crippen LogP contribution is -2.53. The molecule has 0 amide bonds. The van der Waals surface area contributed by atoms with E-state index in [2.05, 4.69) is 5.32 Å². The van der Waals surface area contributed by atoms with E-state index in [-0.39, 0.29) is 6.54 Å². The Bertz CT molecular complexity index is 206. The van der Waals surface area contributed by atoms with E-state index in [1.54, 1.807) is 6.92 Å². The number of morpholine rings is 1. The summed E-state index contributed by atoms with van der Waals surface area (Å²) < 4.78 is 41.3. The maximum Gasteiger partial charge on any atom is 0.416 e. The monoisotopic (exact) mass is 213 g/mol. The largest absolute Gasteiger partial charge is 0.416 e. The van der Waals surface area contributed by atoms with Gasteiger partial charge >= 0.3 is 6.18 Å². The van der Waals surface area contributed by atoms with Gasteiger partial charge in [0.1, 0.15) is 11.1 Å². The number of rotatable bonds is 1. The maximum absolute atomic E-state index is 12.2. The van der Waals surface area contributed by atoms with Gasteiger partial charge in [-0.1, -0.05) is 19.1 Å². The molecule has 2 atom stereocenters. The fraction of sp³-hybridized carbons (Fsp3) is 0.857. The lowest BCUT2D eigenvalue weighted by molar-refractivity contribution is -0.227. The van der Waals surface area contributed by atoms with Crippen molar-refractivity contribution in [2.24, 2.45) is 0 Å². The van der Waals surface area contributed by atoms with Crippen LogP contribution >= 0.6 is 12.2 Å². The Morgan fingerprint density at radius 3 is 2.69 bits per heavy atom. The van der Waals surface area contributed by atoms with Gasteiger partial charge in [0.2, 0.25) is 0 Å². The van der Waals surface area contributed by atoms with Crippen LogP contribution in [0.1, 0.15) is 13.3 Å². The molecule has 0 aromatic carbocycles. The highest BCUT2D eigenvalue weighted by Crippen LogP contribution is 2.26. The van der Waals surface area contributed by atoms with Crippen molar-refractivity contribution in [2.45, 2.75) is 31.7 Å². The summed E-state index contributed by atoms with van der Waals surface area (Å²) in [5.41, 5.74) is 0. The predicted molar refractivity (Wildman–Crippen MR) is 45.6 cm³/mol. The number of hydrogen-bond donors (Lipinski definition) is 1. The fourth-order valence-electron chi connectivity index (χ4n) is 1.09. The molecule has 1 saturated heterocycles. The highest BCUT2D eigenvalue weighted by Gasteiger charge is 2.44. The molecule has 1 aliphatic rings. The van der Waals surface area contributed by atoms with Crippen molar-refractivity contribution in [1.82, 2.24) is 5.32 Å². The summed E-state index contributed by atoms with van der Waals surface area (Å²) in [5.74, 6) is 0. The number of nitrogens with one attached hydrogen (secondary N) is 1. The minimum atomic E-state index is -4.31.